The Morgan fingerprint density at radius 1 is 1.58 bits per heavy atom. The Hall–Kier alpha value is -0.840. The van der Waals surface area contributed by atoms with E-state index in [-0.39, 0.29) is 23.3 Å². The Balaban J connectivity index is 0.00000180. The summed E-state index contributed by atoms with van der Waals surface area (Å²) in [6, 6.07) is 4.19. The molecule has 1 aromatic carbocycles. The standard InChI is InChI=1S/C13H16ClFN2O.ClH/c1-16-7-9-4-5-17(8-9)13(18)10-2-3-11(14)12(15)6-10;/h2-3,6,9,16H,4-5,7-8H2,1H3;1H. The molecule has 106 valence electrons. The molecule has 3 nitrogen and oxygen atoms in total. The maximum Gasteiger partial charge on any atom is 0.253 e. The second-order valence-corrected chi connectivity index (χ2v) is 5.00. The van der Waals surface area contributed by atoms with E-state index in [0.717, 1.165) is 26.1 Å². The molecular weight excluding hydrogens is 290 g/mol. The first kappa shape index (κ1) is 16.2. The third-order valence-electron chi connectivity index (χ3n) is 3.23. The van der Waals surface area contributed by atoms with Crippen LogP contribution in [0, 0.1) is 11.7 Å². The average molecular weight is 307 g/mol. The van der Waals surface area contributed by atoms with Crippen LogP contribution < -0.4 is 5.32 Å². The van der Waals surface area contributed by atoms with Crippen molar-refractivity contribution in [2.24, 2.45) is 5.92 Å². The van der Waals surface area contributed by atoms with Crippen LogP contribution in [0.1, 0.15) is 16.8 Å². The van der Waals surface area contributed by atoms with Gasteiger partial charge in [-0.1, -0.05) is 11.6 Å². The van der Waals surface area contributed by atoms with Gasteiger partial charge in [-0.2, -0.15) is 0 Å². The van der Waals surface area contributed by atoms with E-state index in [1.165, 1.54) is 12.1 Å². The molecule has 0 spiro atoms. The van der Waals surface area contributed by atoms with Crippen molar-refractivity contribution in [3.8, 4) is 0 Å². The molecule has 2 rings (SSSR count). The summed E-state index contributed by atoms with van der Waals surface area (Å²) in [5.74, 6) is -0.186. The summed E-state index contributed by atoms with van der Waals surface area (Å²) in [5, 5.41) is 3.15. The minimum atomic E-state index is -0.548. The highest BCUT2D eigenvalue weighted by molar-refractivity contribution is 6.30. The minimum Gasteiger partial charge on any atom is -0.338 e. The lowest BCUT2D eigenvalue weighted by Gasteiger charge is -2.16. The Morgan fingerprint density at radius 3 is 2.95 bits per heavy atom. The average Bonchev–Trinajstić information content (AvgIpc) is 2.81. The van der Waals surface area contributed by atoms with E-state index in [4.69, 9.17) is 11.6 Å². The van der Waals surface area contributed by atoms with E-state index >= 15 is 0 Å². The Labute approximate surface area is 123 Å². The lowest BCUT2D eigenvalue weighted by atomic mass is 10.1. The second-order valence-electron chi connectivity index (χ2n) is 4.59. The number of halogens is 3. The molecule has 1 fully saturated rings. The number of nitrogens with zero attached hydrogens (tertiary/aromatic N) is 1. The second kappa shape index (κ2) is 7.08. The molecule has 1 amide bonds. The van der Waals surface area contributed by atoms with Crippen molar-refractivity contribution >= 4 is 29.9 Å². The van der Waals surface area contributed by atoms with Crippen molar-refractivity contribution in [2.75, 3.05) is 26.7 Å². The van der Waals surface area contributed by atoms with Crippen LogP contribution in [0.25, 0.3) is 0 Å². The number of benzene rings is 1. The first-order chi connectivity index (χ1) is 8.61. The normalized spacial score (nSPS) is 18.3. The Morgan fingerprint density at radius 2 is 2.32 bits per heavy atom. The molecule has 1 atom stereocenters. The predicted octanol–water partition coefficient (Wildman–Crippen LogP) is 2.58. The summed E-state index contributed by atoms with van der Waals surface area (Å²) in [7, 11) is 1.90. The Kier molecular flexibility index (Phi) is 6.04. The molecule has 0 aromatic heterocycles. The van der Waals surface area contributed by atoms with Gasteiger partial charge in [-0.15, -0.1) is 12.4 Å². The molecule has 0 radical (unpaired) electrons. The van der Waals surface area contributed by atoms with Gasteiger partial charge in [0.25, 0.3) is 5.91 Å². The zero-order valence-corrected chi connectivity index (χ0v) is 12.2. The van der Waals surface area contributed by atoms with E-state index < -0.39 is 5.82 Å². The van der Waals surface area contributed by atoms with Crippen molar-refractivity contribution in [3.05, 3.63) is 34.6 Å². The van der Waals surface area contributed by atoms with E-state index in [2.05, 4.69) is 5.32 Å². The van der Waals surface area contributed by atoms with Crippen LogP contribution in [0.2, 0.25) is 5.02 Å². The summed E-state index contributed by atoms with van der Waals surface area (Å²) in [6.07, 6.45) is 0.989. The number of likely N-dealkylation sites (tertiary alicyclic amines) is 1. The number of carbonyl (C=O) groups is 1. The maximum absolute atomic E-state index is 13.3. The van der Waals surface area contributed by atoms with Crippen molar-refractivity contribution < 1.29 is 9.18 Å². The number of amides is 1. The lowest BCUT2D eigenvalue weighted by Crippen LogP contribution is -2.30. The fraction of sp³-hybridized carbons (Fsp3) is 0.462. The molecule has 1 N–H and O–H groups in total. The number of carbonyl (C=O) groups excluding carboxylic acids is 1. The largest absolute Gasteiger partial charge is 0.338 e. The Bertz CT molecular complexity index is 456. The first-order valence-electron chi connectivity index (χ1n) is 6.00. The molecular formula is C13H17Cl2FN2O. The van der Waals surface area contributed by atoms with E-state index in [0.29, 0.717) is 11.5 Å². The quantitative estimate of drug-likeness (QED) is 0.931. The molecule has 1 aromatic rings. The molecule has 1 aliphatic heterocycles. The molecule has 6 heteroatoms. The van der Waals surface area contributed by atoms with E-state index in [1.54, 1.807) is 11.0 Å². The zero-order valence-electron chi connectivity index (χ0n) is 10.7. The topological polar surface area (TPSA) is 32.3 Å². The van der Waals surface area contributed by atoms with Gasteiger partial charge in [0.15, 0.2) is 0 Å². The number of hydrogen-bond acceptors (Lipinski definition) is 2. The number of rotatable bonds is 3. The SMILES string of the molecule is CNCC1CCN(C(=O)c2ccc(Cl)c(F)c2)C1.Cl. The summed E-state index contributed by atoms with van der Waals surface area (Å²) in [6.45, 7) is 2.36. The van der Waals surface area contributed by atoms with Crippen molar-refractivity contribution in [2.45, 2.75) is 6.42 Å². The van der Waals surface area contributed by atoms with Gasteiger partial charge in [-0.25, -0.2) is 4.39 Å². The summed E-state index contributed by atoms with van der Waals surface area (Å²) < 4.78 is 13.3. The summed E-state index contributed by atoms with van der Waals surface area (Å²) in [4.78, 5) is 13.9. The van der Waals surface area contributed by atoms with Gasteiger partial charge >= 0.3 is 0 Å². The molecule has 0 aliphatic carbocycles. The van der Waals surface area contributed by atoms with Gasteiger partial charge in [0.1, 0.15) is 5.82 Å². The maximum atomic E-state index is 13.3. The molecule has 1 aliphatic rings. The zero-order chi connectivity index (χ0) is 13.1. The first-order valence-corrected chi connectivity index (χ1v) is 6.38. The van der Waals surface area contributed by atoms with E-state index in [9.17, 15) is 9.18 Å². The molecule has 19 heavy (non-hydrogen) atoms. The molecule has 1 heterocycles. The molecule has 1 saturated heterocycles. The fourth-order valence-corrected chi connectivity index (χ4v) is 2.40. The predicted molar refractivity (Wildman–Crippen MR) is 76.6 cm³/mol. The monoisotopic (exact) mass is 306 g/mol. The van der Waals surface area contributed by atoms with Crippen LogP contribution in [0.4, 0.5) is 4.39 Å². The van der Waals surface area contributed by atoms with Gasteiger partial charge in [-0.05, 0) is 44.1 Å². The molecule has 0 bridgehead atoms. The van der Waals surface area contributed by atoms with Crippen LogP contribution in [-0.4, -0.2) is 37.5 Å². The van der Waals surface area contributed by atoms with Crippen molar-refractivity contribution in [1.82, 2.24) is 10.2 Å². The minimum absolute atomic E-state index is 0. The smallest absolute Gasteiger partial charge is 0.253 e. The number of hydrogen-bond donors (Lipinski definition) is 1. The van der Waals surface area contributed by atoms with Gasteiger partial charge in [-0.3, -0.25) is 4.79 Å². The lowest BCUT2D eigenvalue weighted by molar-refractivity contribution is 0.0786. The van der Waals surface area contributed by atoms with Gasteiger partial charge in [0, 0.05) is 18.7 Å². The van der Waals surface area contributed by atoms with Crippen molar-refractivity contribution in [1.29, 1.82) is 0 Å². The van der Waals surface area contributed by atoms with Crippen LogP contribution in [-0.2, 0) is 0 Å². The summed E-state index contributed by atoms with van der Waals surface area (Å²) >= 11 is 5.60. The summed E-state index contributed by atoms with van der Waals surface area (Å²) in [5.41, 5.74) is 0.363. The van der Waals surface area contributed by atoms with Crippen molar-refractivity contribution in [3.63, 3.8) is 0 Å². The van der Waals surface area contributed by atoms with Gasteiger partial charge in [0.2, 0.25) is 0 Å². The van der Waals surface area contributed by atoms with Gasteiger partial charge < -0.3 is 10.2 Å². The third kappa shape index (κ3) is 3.81. The van der Waals surface area contributed by atoms with Crippen LogP contribution >= 0.6 is 24.0 Å². The van der Waals surface area contributed by atoms with Crippen LogP contribution in [0.15, 0.2) is 18.2 Å². The van der Waals surface area contributed by atoms with E-state index in [1.807, 2.05) is 7.05 Å². The highest BCUT2D eigenvalue weighted by Gasteiger charge is 2.26. The highest BCUT2D eigenvalue weighted by Crippen LogP contribution is 2.20. The molecule has 1 unspecified atom stereocenters. The van der Waals surface area contributed by atoms with Crippen LogP contribution in [0.3, 0.4) is 0 Å². The van der Waals surface area contributed by atoms with Crippen LogP contribution in [0.5, 0.6) is 0 Å². The third-order valence-corrected chi connectivity index (χ3v) is 3.54. The van der Waals surface area contributed by atoms with Gasteiger partial charge in [0.05, 0.1) is 5.02 Å². The highest BCUT2D eigenvalue weighted by atomic mass is 35.5. The fourth-order valence-electron chi connectivity index (χ4n) is 2.28. The number of nitrogens with one attached hydrogen (secondary N) is 1. The molecule has 0 saturated carbocycles.